The van der Waals surface area contributed by atoms with Crippen molar-refractivity contribution in [3.8, 4) is 0 Å². The van der Waals surface area contributed by atoms with E-state index in [-0.39, 0.29) is 0 Å². The van der Waals surface area contributed by atoms with Crippen molar-refractivity contribution in [2.75, 3.05) is 0 Å². The summed E-state index contributed by atoms with van der Waals surface area (Å²) in [5, 5.41) is 0. The summed E-state index contributed by atoms with van der Waals surface area (Å²) in [7, 11) is 7.54. The second-order valence-electron chi connectivity index (χ2n) is 0. The first-order valence-electron chi connectivity index (χ1n) is 0.277. The van der Waals surface area contributed by atoms with Crippen molar-refractivity contribution < 1.29 is 28.8 Å². The minimum atomic E-state index is 2.52. The second kappa shape index (κ2) is 24.8. The van der Waals surface area contributed by atoms with Gasteiger partial charge in [-0.15, -0.1) is 0 Å². The van der Waals surface area contributed by atoms with Crippen LogP contribution in [0, 0.1) is 0 Å². The molecule has 0 amide bonds. The van der Waals surface area contributed by atoms with Crippen molar-refractivity contribution in [2.45, 2.75) is 0 Å². The third kappa shape index (κ3) is 9.77. The van der Waals surface area contributed by atoms with Crippen LogP contribution in [0.15, 0.2) is 0 Å². The Kier molecular flexibility index (Phi) is 56.3. The van der Waals surface area contributed by atoms with Gasteiger partial charge in [0.25, 0.3) is 0 Å². The van der Waals surface area contributed by atoms with Crippen LogP contribution in [0.2, 0.25) is 0 Å². The van der Waals surface area contributed by atoms with Gasteiger partial charge in [0, 0.05) is 0 Å². The Labute approximate surface area is 49.7 Å². The van der Waals surface area contributed by atoms with Gasteiger partial charge in [0.15, 0.2) is 0 Å². The van der Waals surface area contributed by atoms with Gasteiger partial charge in [-0.3, -0.25) is 0 Å². The van der Waals surface area contributed by atoms with Crippen molar-refractivity contribution in [1.29, 1.82) is 0 Å². The molecule has 0 rings (SSSR count). The Balaban J connectivity index is 0. The summed E-state index contributed by atoms with van der Waals surface area (Å²) < 4.78 is 0. The predicted octanol–water partition coefficient (Wildman–Crippen LogP) is 1.29. The van der Waals surface area contributed by atoms with Gasteiger partial charge in [0.1, 0.15) is 0 Å². The summed E-state index contributed by atoms with van der Waals surface area (Å²) >= 11 is 6.29. The molecule has 0 saturated heterocycles. The second-order valence-corrected chi connectivity index (χ2v) is 0. The normalized spacial score (nSPS) is 2.50. The molecule has 0 fully saturated rings. The zero-order valence-corrected chi connectivity index (χ0v) is 5.25. The molecule has 0 aromatic rings. The molecule has 0 heterocycles. The van der Waals surface area contributed by atoms with Gasteiger partial charge in [-0.2, -0.15) is 0 Å². The van der Waals surface area contributed by atoms with Gasteiger partial charge in [-0.05, 0) is 0 Å². The third-order valence-corrected chi connectivity index (χ3v) is 0. The molecule has 0 aliphatic carbocycles. The van der Waals surface area contributed by atoms with Gasteiger partial charge < -0.3 is 0 Å². The molecule has 0 saturated carbocycles. The van der Waals surface area contributed by atoms with Gasteiger partial charge >= 0.3 is 49.9 Å². The van der Waals surface area contributed by atoms with Crippen molar-refractivity contribution in [2.24, 2.45) is 0 Å². The molecular weight excluding hydrogens is 183 g/mol. The summed E-state index contributed by atoms with van der Waals surface area (Å²) in [4.78, 5) is 0. The maximum absolute atomic E-state index is 3.90. The Morgan fingerprint density at radius 2 is 1.25 bits per heavy atom. The van der Waals surface area contributed by atoms with Crippen molar-refractivity contribution in [3.05, 3.63) is 0 Å². The molecule has 0 aromatic carbocycles. The molecule has 0 aromatic heterocycles. The molecule has 0 spiro atoms. The summed E-state index contributed by atoms with van der Waals surface area (Å²) in [5.41, 5.74) is 0. The standard InChI is InChI=1S/Cu.Mn.2S. The van der Waals surface area contributed by atoms with Crippen LogP contribution in [0.4, 0.5) is 0 Å². The van der Waals surface area contributed by atoms with Crippen molar-refractivity contribution in [3.63, 3.8) is 0 Å². The first-order chi connectivity index (χ1) is 2.00. The molecule has 0 aliphatic heterocycles. The molecule has 0 radical (unpaired) electrons. The Morgan fingerprint density at radius 3 is 1.25 bits per heavy atom. The van der Waals surface area contributed by atoms with E-state index in [9.17, 15) is 0 Å². The van der Waals surface area contributed by atoms with Crippen molar-refractivity contribution in [1.82, 2.24) is 0 Å². The molecule has 0 aliphatic rings. The first kappa shape index (κ1) is 9.08. The summed E-state index contributed by atoms with van der Waals surface area (Å²) in [6.07, 6.45) is 0. The summed E-state index contributed by atoms with van der Waals surface area (Å²) in [6.45, 7) is 0. The predicted molar refractivity (Wildman–Crippen MR) is 15.2 cm³/mol. The fourth-order valence-electron chi connectivity index (χ4n) is 0. The van der Waals surface area contributed by atoms with Gasteiger partial charge in [0.05, 0.1) is 0 Å². The zero-order valence-electron chi connectivity index (χ0n) is 1.50. The van der Waals surface area contributed by atoms with Crippen LogP contribution in [0.1, 0.15) is 0 Å². The van der Waals surface area contributed by atoms with Crippen LogP contribution in [-0.4, -0.2) is 0 Å². The minimum absolute atomic E-state index is 2.52. The average Bonchev–Trinajstić information content (AvgIpc) is 1.50. The fraction of sp³-hybridized carbons (Fsp3) is 0. The van der Waals surface area contributed by atoms with Crippen molar-refractivity contribution >= 4 is 21.1 Å². The molecule has 0 unspecified atom stereocenters. The van der Waals surface area contributed by atoms with Crippen LogP contribution >= 0.6 is 21.1 Å². The fourth-order valence-corrected chi connectivity index (χ4v) is 0. The van der Waals surface area contributed by atoms with Gasteiger partial charge in [0.2, 0.25) is 0 Å². The van der Waals surface area contributed by atoms with E-state index in [2.05, 4.69) is 49.9 Å². The molecule has 30 valence electrons. The Bertz CT molecular complexity index is 8.00. The Morgan fingerprint density at radius 1 is 1.25 bits per heavy atom. The van der Waals surface area contributed by atoms with E-state index in [0.29, 0.717) is 0 Å². The van der Waals surface area contributed by atoms with E-state index in [4.69, 9.17) is 0 Å². The summed E-state index contributed by atoms with van der Waals surface area (Å²) in [6, 6.07) is 0. The molecule has 4 heteroatoms. The maximum atomic E-state index is 3.90. The average molecular weight is 183 g/mol. The molecule has 0 atom stereocenters. The number of hydrogen-bond donors (Lipinski definition) is 0. The molecular formula is CuMnS2. The monoisotopic (exact) mass is 182 g/mol. The van der Waals surface area contributed by atoms with E-state index < -0.39 is 0 Å². The van der Waals surface area contributed by atoms with Crippen LogP contribution < -0.4 is 0 Å². The Hall–Kier alpha value is 1.48. The molecule has 4 heavy (non-hydrogen) atoms. The zero-order chi connectivity index (χ0) is 4.00. The summed E-state index contributed by atoms with van der Waals surface area (Å²) in [5.74, 6) is 0. The van der Waals surface area contributed by atoms with Gasteiger partial charge in [-0.25, -0.2) is 0 Å². The third-order valence-electron chi connectivity index (χ3n) is 0. The van der Waals surface area contributed by atoms with Crippen LogP contribution in [0.3, 0.4) is 0 Å². The van der Waals surface area contributed by atoms with Crippen LogP contribution in [0.25, 0.3) is 0 Å². The molecule has 0 nitrogen and oxygen atoms in total. The van der Waals surface area contributed by atoms with E-state index in [1.807, 2.05) is 0 Å². The molecule has 0 bridgehead atoms. The molecule has 0 N–H and O–H groups in total. The van der Waals surface area contributed by atoms with Crippen LogP contribution in [-0.2, 0) is 28.8 Å². The van der Waals surface area contributed by atoms with Crippen LogP contribution in [0.5, 0.6) is 0 Å². The van der Waals surface area contributed by atoms with Gasteiger partial charge in [-0.1, -0.05) is 0 Å². The SMILES string of the molecule is [S]=[Cu].[S]=[Mn]. The number of hydrogen-bond acceptors (Lipinski definition) is 2. The number of rotatable bonds is 0. The quantitative estimate of drug-likeness (QED) is 0.518. The van der Waals surface area contributed by atoms with E-state index >= 15 is 0 Å². The van der Waals surface area contributed by atoms with E-state index in [1.54, 1.807) is 0 Å². The van der Waals surface area contributed by atoms with E-state index in [1.165, 1.54) is 0 Å². The first-order valence-corrected chi connectivity index (χ1v) is 3.43. The van der Waals surface area contributed by atoms with E-state index in [0.717, 1.165) is 0 Å². The topological polar surface area (TPSA) is 0 Å².